The van der Waals surface area contributed by atoms with Crippen molar-refractivity contribution in [3.05, 3.63) is 64.2 Å². The highest BCUT2D eigenvalue weighted by molar-refractivity contribution is 8.18. The third-order valence-electron chi connectivity index (χ3n) is 5.00. The van der Waals surface area contributed by atoms with Crippen molar-refractivity contribution >= 4 is 28.6 Å². The molecule has 4 nitrogen and oxygen atoms in total. The molecule has 1 aromatic carbocycles. The SMILES string of the molecule is C/C=C1\SC(=O)NC1=O.C/C=C\C=C(/C)N(C)c1cc(C(C)(C)C)cc(C(C)(C)C)c1. The number of nitrogens with zero attached hydrogens (tertiary/aromatic N) is 1. The number of nitrogens with one attached hydrogen (secondary N) is 1. The van der Waals surface area contributed by atoms with E-state index in [1.54, 1.807) is 13.0 Å². The molecular formula is C26H38N2O2S. The molecule has 31 heavy (non-hydrogen) atoms. The van der Waals surface area contributed by atoms with E-state index in [-0.39, 0.29) is 22.0 Å². The molecule has 1 aliphatic heterocycles. The number of carbonyl (C=O) groups is 2. The van der Waals surface area contributed by atoms with Gasteiger partial charge in [0.2, 0.25) is 0 Å². The number of imide groups is 1. The molecular weight excluding hydrogens is 404 g/mol. The maximum absolute atomic E-state index is 10.6. The highest BCUT2D eigenvalue weighted by Crippen LogP contribution is 2.33. The quantitative estimate of drug-likeness (QED) is 0.402. The van der Waals surface area contributed by atoms with Gasteiger partial charge >= 0.3 is 0 Å². The molecule has 1 aromatic rings. The Balaban J connectivity index is 0.000000442. The van der Waals surface area contributed by atoms with Crippen LogP contribution in [0.25, 0.3) is 0 Å². The molecule has 2 amide bonds. The van der Waals surface area contributed by atoms with Gasteiger partial charge in [0.25, 0.3) is 11.1 Å². The van der Waals surface area contributed by atoms with Gasteiger partial charge in [-0.3, -0.25) is 14.9 Å². The molecule has 1 fully saturated rings. The van der Waals surface area contributed by atoms with E-state index in [0.29, 0.717) is 4.91 Å². The van der Waals surface area contributed by atoms with Gasteiger partial charge < -0.3 is 4.90 Å². The minimum absolute atomic E-state index is 0.151. The topological polar surface area (TPSA) is 49.4 Å². The number of thioether (sulfide) groups is 1. The van der Waals surface area contributed by atoms with Crippen molar-refractivity contribution in [2.24, 2.45) is 0 Å². The van der Waals surface area contributed by atoms with Gasteiger partial charge in [-0.2, -0.15) is 0 Å². The lowest BCUT2D eigenvalue weighted by atomic mass is 9.80. The molecule has 0 aromatic heterocycles. The van der Waals surface area contributed by atoms with Gasteiger partial charge in [0.1, 0.15) is 0 Å². The summed E-state index contributed by atoms with van der Waals surface area (Å²) in [7, 11) is 2.14. The number of anilines is 1. The van der Waals surface area contributed by atoms with Crippen molar-refractivity contribution in [1.29, 1.82) is 0 Å². The molecule has 0 bridgehead atoms. The van der Waals surface area contributed by atoms with Crippen molar-refractivity contribution in [3.63, 3.8) is 0 Å². The Bertz CT molecular complexity index is 865. The van der Waals surface area contributed by atoms with E-state index in [9.17, 15) is 9.59 Å². The molecule has 0 aliphatic carbocycles. The lowest BCUT2D eigenvalue weighted by Crippen LogP contribution is -2.20. The predicted octanol–water partition coefficient (Wildman–Crippen LogP) is 7.07. The number of allylic oxidation sites excluding steroid dienone is 5. The molecule has 0 atom stereocenters. The van der Waals surface area contributed by atoms with Crippen LogP contribution in [0.2, 0.25) is 0 Å². The van der Waals surface area contributed by atoms with Gasteiger partial charge in [0.05, 0.1) is 4.91 Å². The predicted molar refractivity (Wildman–Crippen MR) is 136 cm³/mol. The number of amides is 2. The summed E-state index contributed by atoms with van der Waals surface area (Å²) in [6.07, 6.45) is 7.92. The Morgan fingerprint density at radius 3 is 1.81 bits per heavy atom. The fraction of sp³-hybridized carbons (Fsp3) is 0.462. The lowest BCUT2D eigenvalue weighted by molar-refractivity contribution is -0.115. The third-order valence-corrected chi connectivity index (χ3v) is 5.93. The Morgan fingerprint density at radius 1 is 0.968 bits per heavy atom. The van der Waals surface area contributed by atoms with Crippen LogP contribution < -0.4 is 10.2 Å². The fourth-order valence-corrected chi connectivity index (χ4v) is 3.34. The van der Waals surface area contributed by atoms with Crippen molar-refractivity contribution in [3.8, 4) is 0 Å². The largest absolute Gasteiger partial charge is 0.348 e. The summed E-state index contributed by atoms with van der Waals surface area (Å²) in [5, 5.41) is 1.85. The molecule has 0 radical (unpaired) electrons. The number of carbonyl (C=O) groups excluding carboxylic acids is 2. The van der Waals surface area contributed by atoms with Crippen LogP contribution in [0.5, 0.6) is 0 Å². The standard InChI is InChI=1S/C21H33N.C5H5NO2S/c1-10-11-12-16(2)22(9)19-14-17(20(3,4)5)13-18(15-19)21(6,7)8;1-2-3-4(7)6-5(8)9-3/h10-15H,1-9H3;2H,1H3,(H,6,7,8)/b11-10-,16-12+;3-2-. The van der Waals surface area contributed by atoms with Gasteiger partial charge in [0, 0.05) is 18.4 Å². The first kappa shape index (κ1) is 26.8. The number of benzene rings is 1. The van der Waals surface area contributed by atoms with Gasteiger partial charge in [0.15, 0.2) is 0 Å². The summed E-state index contributed by atoms with van der Waals surface area (Å²) < 4.78 is 0. The summed E-state index contributed by atoms with van der Waals surface area (Å²) >= 11 is 0.935. The molecule has 1 heterocycles. The van der Waals surface area contributed by atoms with Crippen LogP contribution in [0.4, 0.5) is 10.5 Å². The Kier molecular flexibility index (Phi) is 9.37. The minimum atomic E-state index is -0.285. The molecule has 170 valence electrons. The Labute approximate surface area is 192 Å². The van der Waals surface area contributed by atoms with E-state index in [0.717, 1.165) is 11.8 Å². The molecule has 5 heteroatoms. The van der Waals surface area contributed by atoms with Crippen LogP contribution in [0.15, 0.2) is 53.1 Å². The van der Waals surface area contributed by atoms with Crippen LogP contribution in [-0.2, 0) is 15.6 Å². The van der Waals surface area contributed by atoms with Gasteiger partial charge in [-0.25, -0.2) is 0 Å². The van der Waals surface area contributed by atoms with Crippen molar-refractivity contribution in [1.82, 2.24) is 5.32 Å². The highest BCUT2D eigenvalue weighted by atomic mass is 32.2. The summed E-state index contributed by atoms with van der Waals surface area (Å²) in [6.45, 7) is 19.6. The van der Waals surface area contributed by atoms with Gasteiger partial charge in [-0.15, -0.1) is 0 Å². The number of rotatable bonds is 3. The van der Waals surface area contributed by atoms with Crippen LogP contribution in [0.3, 0.4) is 0 Å². The lowest BCUT2D eigenvalue weighted by Gasteiger charge is -2.29. The molecule has 2 rings (SSSR count). The van der Waals surface area contributed by atoms with E-state index in [1.807, 2.05) is 6.92 Å². The van der Waals surface area contributed by atoms with E-state index < -0.39 is 0 Å². The Morgan fingerprint density at radius 2 is 1.48 bits per heavy atom. The zero-order chi connectivity index (χ0) is 24.0. The summed E-state index contributed by atoms with van der Waals surface area (Å²) in [4.78, 5) is 23.8. The molecule has 1 aliphatic rings. The first-order valence-electron chi connectivity index (χ1n) is 10.6. The average molecular weight is 443 g/mol. The van der Waals surface area contributed by atoms with E-state index in [1.165, 1.54) is 22.5 Å². The first-order chi connectivity index (χ1) is 14.2. The summed E-state index contributed by atoms with van der Waals surface area (Å²) in [6, 6.07) is 7.01. The van der Waals surface area contributed by atoms with Gasteiger partial charge in [-0.05, 0) is 72.7 Å². The van der Waals surface area contributed by atoms with Crippen molar-refractivity contribution in [2.75, 3.05) is 11.9 Å². The first-order valence-corrected chi connectivity index (χ1v) is 11.4. The van der Waals surface area contributed by atoms with E-state index in [2.05, 4.69) is 102 Å². The monoisotopic (exact) mass is 442 g/mol. The van der Waals surface area contributed by atoms with Crippen molar-refractivity contribution < 1.29 is 9.59 Å². The van der Waals surface area contributed by atoms with E-state index in [4.69, 9.17) is 0 Å². The minimum Gasteiger partial charge on any atom is -0.348 e. The molecule has 0 saturated carbocycles. The zero-order valence-electron chi connectivity index (χ0n) is 20.7. The highest BCUT2D eigenvalue weighted by Gasteiger charge is 2.24. The third kappa shape index (κ3) is 8.06. The normalized spacial score (nSPS) is 16.5. The molecule has 1 N–H and O–H groups in total. The Hall–Kier alpha value is -2.27. The fourth-order valence-electron chi connectivity index (χ4n) is 2.74. The number of hydrogen-bond acceptors (Lipinski definition) is 4. The second kappa shape index (κ2) is 10.9. The molecule has 1 saturated heterocycles. The second-order valence-electron chi connectivity index (χ2n) is 9.66. The smallest absolute Gasteiger partial charge is 0.290 e. The molecule has 0 spiro atoms. The van der Waals surface area contributed by atoms with Crippen LogP contribution >= 0.6 is 11.8 Å². The summed E-state index contributed by atoms with van der Waals surface area (Å²) in [5.74, 6) is -0.285. The van der Waals surface area contributed by atoms with Crippen molar-refractivity contribution in [2.45, 2.75) is 73.1 Å². The number of hydrogen-bond donors (Lipinski definition) is 1. The van der Waals surface area contributed by atoms with Crippen LogP contribution in [-0.4, -0.2) is 18.2 Å². The van der Waals surface area contributed by atoms with Crippen LogP contribution in [0.1, 0.15) is 73.4 Å². The maximum atomic E-state index is 10.6. The second-order valence-corrected chi connectivity index (χ2v) is 10.7. The zero-order valence-corrected chi connectivity index (χ0v) is 21.5. The summed E-state index contributed by atoms with van der Waals surface area (Å²) in [5.41, 5.74) is 5.58. The molecule has 0 unspecified atom stereocenters. The average Bonchev–Trinajstić information content (AvgIpc) is 3.01. The van der Waals surface area contributed by atoms with Gasteiger partial charge in [-0.1, -0.05) is 65.8 Å². The maximum Gasteiger partial charge on any atom is 0.290 e. The van der Waals surface area contributed by atoms with E-state index >= 15 is 0 Å². The van der Waals surface area contributed by atoms with Crippen LogP contribution in [0, 0.1) is 0 Å².